The van der Waals surface area contributed by atoms with E-state index in [1.807, 2.05) is 24.4 Å². The van der Waals surface area contributed by atoms with Crippen molar-refractivity contribution in [1.29, 1.82) is 0 Å². The topological polar surface area (TPSA) is 29.3 Å². The quantitative estimate of drug-likeness (QED) is 0.263. The van der Waals surface area contributed by atoms with Gasteiger partial charge in [0.25, 0.3) is 0 Å². The normalized spacial score (nSPS) is 14.2. The molecule has 6 aromatic rings. The summed E-state index contributed by atoms with van der Waals surface area (Å²) in [4.78, 5) is 7.04. The number of anilines is 3. The number of aromatic nitrogens is 1. The fraction of sp³-hybridized carbons (Fsp3) is 0.0938. The summed E-state index contributed by atoms with van der Waals surface area (Å²) in [6.07, 6.45) is 1.91. The largest absolute Gasteiger partial charge is 0.438 e. The van der Waals surface area contributed by atoms with E-state index < -0.39 is 0 Å². The van der Waals surface area contributed by atoms with E-state index in [0.717, 1.165) is 33.2 Å². The molecule has 1 aliphatic heterocycles. The molecule has 0 saturated heterocycles. The molecule has 0 spiro atoms. The van der Waals surface area contributed by atoms with Gasteiger partial charge in [0.2, 0.25) is 5.71 Å². The van der Waals surface area contributed by atoms with Crippen molar-refractivity contribution in [3.8, 4) is 11.1 Å². The summed E-state index contributed by atoms with van der Waals surface area (Å²) in [5.74, 6) is 0. The number of benzene rings is 4. The first-order chi connectivity index (χ1) is 17.1. The third kappa shape index (κ3) is 2.95. The van der Waals surface area contributed by atoms with Crippen LogP contribution in [-0.4, -0.2) is 4.98 Å². The highest BCUT2D eigenvalue weighted by Gasteiger charge is 2.36. The zero-order valence-electron chi connectivity index (χ0n) is 19.7. The summed E-state index contributed by atoms with van der Waals surface area (Å²) in [5, 5.41) is 2.13. The highest BCUT2D eigenvalue weighted by atomic mass is 16.3. The molecule has 7 rings (SSSR count). The SMILES string of the molecule is CC1(C)c2ccccc2N(c2cccc(-c3cnc4oc5ccccc5c4c3)c2)c2ccccc21. The van der Waals surface area contributed by atoms with Gasteiger partial charge >= 0.3 is 0 Å². The molecule has 0 amide bonds. The average Bonchev–Trinajstić information content (AvgIpc) is 3.27. The predicted octanol–water partition coefficient (Wildman–Crippen LogP) is 8.76. The Bertz CT molecular complexity index is 1690. The first-order valence-corrected chi connectivity index (χ1v) is 12.0. The predicted molar refractivity (Wildman–Crippen MR) is 144 cm³/mol. The number of hydrogen-bond donors (Lipinski definition) is 0. The van der Waals surface area contributed by atoms with Crippen molar-refractivity contribution in [1.82, 2.24) is 4.98 Å². The van der Waals surface area contributed by atoms with E-state index in [9.17, 15) is 0 Å². The maximum absolute atomic E-state index is 5.94. The van der Waals surface area contributed by atoms with Gasteiger partial charge in [-0.15, -0.1) is 0 Å². The van der Waals surface area contributed by atoms with Gasteiger partial charge in [0, 0.05) is 33.6 Å². The monoisotopic (exact) mass is 452 g/mol. The molecule has 0 fully saturated rings. The van der Waals surface area contributed by atoms with Gasteiger partial charge in [-0.05, 0) is 53.1 Å². The maximum atomic E-state index is 5.94. The van der Waals surface area contributed by atoms with Gasteiger partial charge in [-0.3, -0.25) is 0 Å². The molecule has 1 aliphatic rings. The molecule has 3 heterocycles. The Morgan fingerprint density at radius 2 is 1.34 bits per heavy atom. The third-order valence-corrected chi connectivity index (χ3v) is 7.31. The molecule has 168 valence electrons. The lowest BCUT2D eigenvalue weighted by atomic mass is 9.73. The van der Waals surface area contributed by atoms with E-state index in [-0.39, 0.29) is 5.41 Å². The van der Waals surface area contributed by atoms with Gasteiger partial charge in [-0.2, -0.15) is 0 Å². The molecule has 4 aromatic carbocycles. The molecule has 2 aromatic heterocycles. The first kappa shape index (κ1) is 20.0. The summed E-state index contributed by atoms with van der Waals surface area (Å²) in [6, 6.07) is 36.5. The molecule has 0 N–H and O–H groups in total. The Balaban J connectivity index is 1.41. The van der Waals surface area contributed by atoms with Gasteiger partial charge in [-0.25, -0.2) is 4.98 Å². The molecule has 3 heteroatoms. The number of hydrogen-bond acceptors (Lipinski definition) is 3. The van der Waals surface area contributed by atoms with Crippen LogP contribution in [0.5, 0.6) is 0 Å². The van der Waals surface area contributed by atoms with Gasteiger partial charge in [0.1, 0.15) is 5.58 Å². The zero-order chi connectivity index (χ0) is 23.6. The molecule has 3 nitrogen and oxygen atoms in total. The minimum absolute atomic E-state index is 0.0708. The van der Waals surface area contributed by atoms with Gasteiger partial charge in [0.05, 0.1) is 11.4 Å². The molecule has 0 aliphatic carbocycles. The second-order valence-corrected chi connectivity index (χ2v) is 9.72. The molecular weight excluding hydrogens is 428 g/mol. The van der Waals surface area contributed by atoms with Crippen molar-refractivity contribution in [3.05, 3.63) is 120 Å². The van der Waals surface area contributed by atoms with E-state index in [4.69, 9.17) is 4.42 Å². The summed E-state index contributed by atoms with van der Waals surface area (Å²) < 4.78 is 5.94. The fourth-order valence-corrected chi connectivity index (χ4v) is 5.54. The van der Waals surface area contributed by atoms with Crippen molar-refractivity contribution in [2.75, 3.05) is 4.90 Å². The highest BCUT2D eigenvalue weighted by Crippen LogP contribution is 2.51. The van der Waals surface area contributed by atoms with Gasteiger partial charge < -0.3 is 9.32 Å². The van der Waals surface area contributed by atoms with Crippen LogP contribution >= 0.6 is 0 Å². The summed E-state index contributed by atoms with van der Waals surface area (Å²) in [7, 11) is 0. The third-order valence-electron chi connectivity index (χ3n) is 7.31. The molecule has 0 bridgehead atoms. The van der Waals surface area contributed by atoms with E-state index in [0.29, 0.717) is 5.71 Å². The Kier molecular flexibility index (Phi) is 4.19. The second-order valence-electron chi connectivity index (χ2n) is 9.72. The Morgan fingerprint density at radius 1 is 0.657 bits per heavy atom. The maximum Gasteiger partial charge on any atom is 0.227 e. The summed E-state index contributed by atoms with van der Waals surface area (Å²) in [5.41, 5.74) is 9.91. The van der Waals surface area contributed by atoms with Crippen molar-refractivity contribution in [2.45, 2.75) is 19.3 Å². The summed E-state index contributed by atoms with van der Waals surface area (Å²) >= 11 is 0. The summed E-state index contributed by atoms with van der Waals surface area (Å²) in [6.45, 7) is 4.63. The van der Waals surface area contributed by atoms with Crippen molar-refractivity contribution in [3.63, 3.8) is 0 Å². The Hall–Kier alpha value is -4.37. The highest BCUT2D eigenvalue weighted by molar-refractivity contribution is 6.04. The Morgan fingerprint density at radius 3 is 2.11 bits per heavy atom. The lowest BCUT2D eigenvalue weighted by Crippen LogP contribution is -2.30. The molecule has 0 unspecified atom stereocenters. The van der Waals surface area contributed by atoms with Crippen molar-refractivity contribution < 1.29 is 4.42 Å². The molecule has 0 saturated carbocycles. The molecule has 0 radical (unpaired) electrons. The van der Waals surface area contributed by atoms with Crippen LogP contribution in [0.4, 0.5) is 17.1 Å². The van der Waals surface area contributed by atoms with Crippen LogP contribution in [0.25, 0.3) is 33.2 Å². The Labute approximate surface area is 204 Å². The van der Waals surface area contributed by atoms with E-state index >= 15 is 0 Å². The zero-order valence-corrected chi connectivity index (χ0v) is 19.7. The van der Waals surface area contributed by atoms with Crippen LogP contribution in [0, 0.1) is 0 Å². The van der Waals surface area contributed by atoms with Crippen LogP contribution in [0.3, 0.4) is 0 Å². The van der Waals surface area contributed by atoms with Crippen LogP contribution in [0.1, 0.15) is 25.0 Å². The van der Waals surface area contributed by atoms with Crippen LogP contribution < -0.4 is 4.90 Å². The number of rotatable bonds is 2. The van der Waals surface area contributed by atoms with E-state index in [1.54, 1.807) is 0 Å². The van der Waals surface area contributed by atoms with Crippen LogP contribution in [-0.2, 0) is 5.41 Å². The standard InChI is InChI=1S/C32H24N2O/c1-32(2)26-13-4-6-15-28(26)34(29-16-7-5-14-27(29)32)23-11-9-10-21(18-23)22-19-25-24-12-3-8-17-30(24)35-31(25)33-20-22/h3-20H,1-2H3. The molecular formula is C32H24N2O. The van der Waals surface area contributed by atoms with Crippen molar-refractivity contribution in [2.24, 2.45) is 0 Å². The van der Waals surface area contributed by atoms with Gasteiger partial charge in [0.15, 0.2) is 0 Å². The second kappa shape index (κ2) is 7.31. The number of pyridine rings is 1. The lowest BCUT2D eigenvalue weighted by molar-refractivity contribution is 0.632. The van der Waals surface area contributed by atoms with Crippen LogP contribution in [0.15, 0.2) is 114 Å². The smallest absolute Gasteiger partial charge is 0.227 e. The van der Waals surface area contributed by atoms with Crippen LogP contribution in [0.2, 0.25) is 0 Å². The minimum Gasteiger partial charge on any atom is -0.438 e. The van der Waals surface area contributed by atoms with Gasteiger partial charge in [-0.1, -0.05) is 80.6 Å². The average molecular weight is 453 g/mol. The molecule has 35 heavy (non-hydrogen) atoms. The van der Waals surface area contributed by atoms with E-state index in [2.05, 4.69) is 109 Å². The number of fused-ring (bicyclic) bond motifs is 5. The number of para-hydroxylation sites is 3. The lowest BCUT2D eigenvalue weighted by Gasteiger charge is -2.42. The number of nitrogens with zero attached hydrogens (tertiary/aromatic N) is 2. The number of furan rings is 1. The van der Waals surface area contributed by atoms with Crippen molar-refractivity contribution >= 4 is 39.1 Å². The minimum atomic E-state index is -0.0708. The van der Waals surface area contributed by atoms with E-state index in [1.165, 1.54) is 22.5 Å². The first-order valence-electron chi connectivity index (χ1n) is 12.0. The fourth-order valence-electron chi connectivity index (χ4n) is 5.54. The molecule has 0 atom stereocenters.